The van der Waals surface area contributed by atoms with E-state index in [2.05, 4.69) is 27.6 Å². The van der Waals surface area contributed by atoms with Crippen molar-refractivity contribution in [2.24, 2.45) is 33.3 Å². The Morgan fingerprint density at radius 3 is 1.45 bits per heavy atom. The molecule has 0 unspecified atom stereocenters. The van der Waals surface area contributed by atoms with Gasteiger partial charge in [0.2, 0.25) is 5.96 Å². The first-order chi connectivity index (χ1) is 4.54. The van der Waals surface area contributed by atoms with Gasteiger partial charge in [0.1, 0.15) is 5.84 Å². The molecule has 0 aliphatic heterocycles. The van der Waals surface area contributed by atoms with Crippen LogP contribution in [0.2, 0.25) is 0 Å². The topological polar surface area (TPSA) is 149 Å². The molecule has 0 bridgehead atoms. The molecule has 11 heavy (non-hydrogen) atoms. The van der Waals surface area contributed by atoms with E-state index < -0.39 is 0 Å². The molecule has 0 aliphatic carbocycles. The van der Waals surface area contributed by atoms with E-state index in [1.807, 2.05) is 0 Å². The fourth-order valence-electron chi connectivity index (χ4n) is 0. The highest BCUT2D eigenvalue weighted by atomic mass is 16.4. The number of hydrazone groups is 1. The van der Waals surface area contributed by atoms with Crippen LogP contribution in [0.25, 0.3) is 0 Å². The molecule has 7 nitrogen and oxygen atoms in total. The maximum absolute atomic E-state index is 7.48. The standard InChI is InChI=1S/C2H7N3.CH5N3O.CH4/c1-2(3)5-4;2-1(3)4-5;/h4H2,1H3,(H2,3,5);5H,(H4,2,3,4);1H4. The zero-order valence-corrected chi connectivity index (χ0v) is 5.65. The van der Waals surface area contributed by atoms with Gasteiger partial charge in [-0.1, -0.05) is 12.6 Å². The minimum Gasteiger partial charge on any atom is -0.408 e. The number of nitrogens with zero attached hydrogens (tertiary/aromatic N) is 2. The largest absolute Gasteiger partial charge is 0.408 e. The van der Waals surface area contributed by atoms with Crippen LogP contribution in [0.5, 0.6) is 0 Å². The van der Waals surface area contributed by atoms with Crippen molar-refractivity contribution in [2.45, 2.75) is 14.4 Å². The molecule has 0 saturated carbocycles. The van der Waals surface area contributed by atoms with Crippen molar-refractivity contribution in [2.75, 3.05) is 0 Å². The third-order valence-electron chi connectivity index (χ3n) is 0.319. The van der Waals surface area contributed by atoms with Gasteiger partial charge in [0, 0.05) is 0 Å². The molecule has 0 rings (SSSR count). The number of hydrogen-bond donors (Lipinski definition) is 5. The minimum atomic E-state index is -0.315. The van der Waals surface area contributed by atoms with Crippen LogP contribution in [0.4, 0.5) is 0 Å². The first-order valence-electron chi connectivity index (χ1n) is 2.27. The number of rotatable bonds is 0. The average molecular weight is 164 g/mol. The Hall–Kier alpha value is -1.66. The smallest absolute Gasteiger partial charge is 0.228 e. The normalized spacial score (nSPS) is 8.27. The van der Waals surface area contributed by atoms with Crippen LogP contribution < -0.4 is 23.0 Å². The van der Waals surface area contributed by atoms with Crippen LogP contribution in [0, 0.1) is 0 Å². The van der Waals surface area contributed by atoms with E-state index in [-0.39, 0.29) is 13.4 Å². The highest BCUT2D eigenvalue weighted by molar-refractivity contribution is 5.76. The summed E-state index contributed by atoms with van der Waals surface area (Å²) in [5.41, 5.74) is 14.1. The van der Waals surface area contributed by atoms with E-state index in [1.165, 1.54) is 0 Å². The van der Waals surface area contributed by atoms with Gasteiger partial charge >= 0.3 is 0 Å². The van der Waals surface area contributed by atoms with Crippen molar-refractivity contribution in [3.63, 3.8) is 0 Å². The predicted octanol–water partition coefficient (Wildman–Crippen LogP) is -1.48. The van der Waals surface area contributed by atoms with Crippen molar-refractivity contribution in [3.8, 4) is 0 Å². The van der Waals surface area contributed by atoms with E-state index in [0.29, 0.717) is 5.84 Å². The Bertz CT molecular complexity index is 107. The third-order valence-corrected chi connectivity index (χ3v) is 0.319. The molecule has 9 N–H and O–H groups in total. The quantitative estimate of drug-likeness (QED) is 0.0972. The molecular formula is C4H16N6O. The van der Waals surface area contributed by atoms with Gasteiger partial charge in [-0.25, -0.2) is 0 Å². The molecule has 0 fully saturated rings. The molecule has 0 radical (unpaired) electrons. The van der Waals surface area contributed by atoms with Gasteiger partial charge in [-0.15, -0.1) is 0 Å². The van der Waals surface area contributed by atoms with Gasteiger partial charge in [0.05, 0.1) is 0 Å². The summed E-state index contributed by atoms with van der Waals surface area (Å²) in [4.78, 5) is 0. The predicted molar refractivity (Wildman–Crippen MR) is 45.8 cm³/mol. The Morgan fingerprint density at radius 2 is 1.45 bits per heavy atom. The van der Waals surface area contributed by atoms with Gasteiger partial charge in [-0.3, -0.25) is 0 Å². The molecule has 0 atom stereocenters. The number of guanidine groups is 1. The lowest BCUT2D eigenvalue weighted by Gasteiger charge is -1.75. The number of nitrogens with two attached hydrogens (primary N) is 4. The van der Waals surface area contributed by atoms with Gasteiger partial charge in [-0.05, 0) is 6.92 Å². The number of hydrogen-bond acceptors (Lipinski definition) is 4. The summed E-state index contributed by atoms with van der Waals surface area (Å²) in [5, 5.41) is 12.9. The summed E-state index contributed by atoms with van der Waals surface area (Å²) >= 11 is 0. The van der Waals surface area contributed by atoms with Gasteiger partial charge in [0.15, 0.2) is 0 Å². The minimum absolute atomic E-state index is 0. The SMILES string of the molecule is C.C/C(N)=N/N.NC(N)=NO. The zero-order chi connectivity index (χ0) is 8.57. The second kappa shape index (κ2) is 11.2. The second-order valence-electron chi connectivity index (χ2n) is 1.30. The Kier molecular flexibility index (Phi) is 16.4. The van der Waals surface area contributed by atoms with Crippen LogP contribution >= 0.6 is 0 Å². The first-order valence-corrected chi connectivity index (χ1v) is 2.27. The molecule has 0 aromatic rings. The highest BCUT2D eigenvalue weighted by Crippen LogP contribution is 1.46. The molecule has 0 spiro atoms. The summed E-state index contributed by atoms with van der Waals surface area (Å²) in [6, 6.07) is 0. The Labute approximate surface area is 65.7 Å². The summed E-state index contributed by atoms with van der Waals surface area (Å²) < 4.78 is 0. The zero-order valence-electron chi connectivity index (χ0n) is 5.65. The number of oxime groups is 1. The molecule has 68 valence electrons. The summed E-state index contributed by atoms with van der Waals surface area (Å²) in [6.07, 6.45) is 0. The van der Waals surface area contributed by atoms with Crippen LogP contribution in [-0.2, 0) is 0 Å². The fourth-order valence-corrected chi connectivity index (χ4v) is 0. The van der Waals surface area contributed by atoms with E-state index in [0.717, 1.165) is 0 Å². The maximum atomic E-state index is 7.48. The molecule has 0 amide bonds. The maximum Gasteiger partial charge on any atom is 0.228 e. The number of amidine groups is 1. The monoisotopic (exact) mass is 164 g/mol. The van der Waals surface area contributed by atoms with E-state index in [4.69, 9.17) is 10.9 Å². The third kappa shape index (κ3) is 61.2. The van der Waals surface area contributed by atoms with Crippen molar-refractivity contribution >= 4 is 11.8 Å². The lowest BCUT2D eigenvalue weighted by atomic mass is 10.7. The van der Waals surface area contributed by atoms with Gasteiger partial charge < -0.3 is 28.3 Å². The Morgan fingerprint density at radius 1 is 1.27 bits per heavy atom. The summed E-state index contributed by atoms with van der Waals surface area (Å²) in [6.45, 7) is 1.62. The Balaban J connectivity index is -0.000000107. The highest BCUT2D eigenvalue weighted by Gasteiger charge is 1.64. The molecule has 7 heteroatoms. The van der Waals surface area contributed by atoms with Crippen molar-refractivity contribution < 1.29 is 5.21 Å². The van der Waals surface area contributed by atoms with E-state index >= 15 is 0 Å². The summed E-state index contributed by atoms with van der Waals surface area (Å²) in [7, 11) is 0. The van der Waals surface area contributed by atoms with Crippen LogP contribution in [0.15, 0.2) is 10.3 Å². The first kappa shape index (κ1) is 16.2. The van der Waals surface area contributed by atoms with Crippen LogP contribution in [0.3, 0.4) is 0 Å². The van der Waals surface area contributed by atoms with Crippen molar-refractivity contribution in [1.29, 1.82) is 0 Å². The van der Waals surface area contributed by atoms with Crippen molar-refractivity contribution in [1.82, 2.24) is 0 Å². The van der Waals surface area contributed by atoms with Crippen LogP contribution in [-0.4, -0.2) is 17.0 Å². The molecule has 0 heterocycles. The summed E-state index contributed by atoms with van der Waals surface area (Å²) in [5.74, 6) is 4.73. The molecule has 0 aromatic heterocycles. The average Bonchev–Trinajstić information content (AvgIpc) is 1.89. The fraction of sp³-hybridized carbons (Fsp3) is 0.500. The van der Waals surface area contributed by atoms with E-state index in [1.54, 1.807) is 6.92 Å². The second-order valence-corrected chi connectivity index (χ2v) is 1.30. The van der Waals surface area contributed by atoms with Crippen molar-refractivity contribution in [3.05, 3.63) is 0 Å². The lowest BCUT2D eigenvalue weighted by Crippen LogP contribution is -2.21. The van der Waals surface area contributed by atoms with Crippen LogP contribution in [0.1, 0.15) is 14.4 Å². The molecular weight excluding hydrogens is 148 g/mol. The molecule has 0 aromatic carbocycles. The van der Waals surface area contributed by atoms with Gasteiger partial charge in [-0.2, -0.15) is 5.10 Å². The van der Waals surface area contributed by atoms with E-state index in [9.17, 15) is 0 Å². The molecule has 0 saturated heterocycles. The lowest BCUT2D eigenvalue weighted by molar-refractivity contribution is 0.317. The molecule has 0 aliphatic rings. The van der Waals surface area contributed by atoms with Gasteiger partial charge in [0.25, 0.3) is 0 Å².